The van der Waals surface area contributed by atoms with Gasteiger partial charge in [0.25, 0.3) is 0 Å². The van der Waals surface area contributed by atoms with E-state index in [9.17, 15) is 14.7 Å². The molecule has 1 atom stereocenters. The highest BCUT2D eigenvalue weighted by Gasteiger charge is 2.65. The Kier molecular flexibility index (Phi) is 4.02. The summed E-state index contributed by atoms with van der Waals surface area (Å²) < 4.78 is 5.12. The third-order valence-corrected chi connectivity index (χ3v) is 3.74. The molecular formula is C12H17BrO4. The van der Waals surface area contributed by atoms with Crippen LogP contribution in [-0.2, 0) is 14.3 Å². The maximum Gasteiger partial charge on any atom is 0.344 e. The number of carbonyl (C=O) groups excluding carboxylic acids is 1. The normalized spacial score (nSPS) is 26.5. The van der Waals surface area contributed by atoms with E-state index >= 15 is 0 Å². The van der Waals surface area contributed by atoms with Gasteiger partial charge in [-0.15, -0.1) is 0 Å². The smallest absolute Gasteiger partial charge is 0.344 e. The highest BCUT2D eigenvalue weighted by atomic mass is 79.9. The molecule has 0 spiro atoms. The standard InChI is InChI=1S/C12H17BrO4/c1-4-5-17-9(14)8(13)6-12(10(15)16)7-11(12,2)3/h6H,4-5,7H2,1-3H3,(H,15,16). The minimum Gasteiger partial charge on any atom is -0.481 e. The van der Waals surface area contributed by atoms with Crippen molar-refractivity contribution in [3.05, 3.63) is 10.6 Å². The summed E-state index contributed by atoms with van der Waals surface area (Å²) in [5, 5.41) is 9.23. The van der Waals surface area contributed by atoms with E-state index in [0.717, 1.165) is 6.42 Å². The number of ether oxygens (including phenoxy) is 1. The summed E-state index contributed by atoms with van der Waals surface area (Å²) in [4.78, 5) is 22.8. The van der Waals surface area contributed by atoms with Crippen LogP contribution in [0.5, 0.6) is 0 Å². The van der Waals surface area contributed by atoms with E-state index in [4.69, 9.17) is 4.74 Å². The molecule has 1 aliphatic rings. The molecule has 0 aliphatic heterocycles. The van der Waals surface area contributed by atoms with E-state index in [-0.39, 0.29) is 9.90 Å². The van der Waals surface area contributed by atoms with E-state index < -0.39 is 17.4 Å². The van der Waals surface area contributed by atoms with E-state index in [1.807, 2.05) is 20.8 Å². The summed E-state index contributed by atoms with van der Waals surface area (Å²) in [6.45, 7) is 5.98. The summed E-state index contributed by atoms with van der Waals surface area (Å²) in [5.41, 5.74) is -1.26. The van der Waals surface area contributed by atoms with Crippen molar-refractivity contribution < 1.29 is 19.4 Å². The Bertz CT molecular complexity index is 373. The lowest BCUT2D eigenvalue weighted by Crippen LogP contribution is -2.19. The molecule has 1 rings (SSSR count). The van der Waals surface area contributed by atoms with Gasteiger partial charge in [-0.25, -0.2) is 4.79 Å². The fraction of sp³-hybridized carbons (Fsp3) is 0.667. The van der Waals surface area contributed by atoms with E-state index in [2.05, 4.69) is 15.9 Å². The number of aliphatic carboxylic acids is 1. The number of hydrogen-bond acceptors (Lipinski definition) is 3. The second-order valence-corrected chi connectivity index (χ2v) is 5.82. The van der Waals surface area contributed by atoms with Crippen molar-refractivity contribution in [2.75, 3.05) is 6.61 Å². The maximum atomic E-state index is 11.5. The molecule has 0 radical (unpaired) electrons. The fourth-order valence-electron chi connectivity index (χ4n) is 1.87. The van der Waals surface area contributed by atoms with Gasteiger partial charge in [0, 0.05) is 0 Å². The molecule has 0 saturated heterocycles. The predicted molar refractivity (Wildman–Crippen MR) is 66.7 cm³/mol. The van der Waals surface area contributed by atoms with Crippen LogP contribution in [0.4, 0.5) is 0 Å². The monoisotopic (exact) mass is 304 g/mol. The van der Waals surface area contributed by atoms with Gasteiger partial charge in [0.2, 0.25) is 0 Å². The van der Waals surface area contributed by atoms with Crippen LogP contribution in [-0.4, -0.2) is 23.7 Å². The van der Waals surface area contributed by atoms with Crippen molar-refractivity contribution in [2.24, 2.45) is 10.8 Å². The summed E-state index contributed by atoms with van der Waals surface area (Å²) in [6, 6.07) is 0. The summed E-state index contributed by atoms with van der Waals surface area (Å²) in [7, 11) is 0. The lowest BCUT2D eigenvalue weighted by Gasteiger charge is -2.11. The first-order chi connectivity index (χ1) is 7.77. The molecular weight excluding hydrogens is 288 g/mol. The number of halogens is 1. The Morgan fingerprint density at radius 3 is 2.35 bits per heavy atom. The van der Waals surface area contributed by atoms with Crippen LogP contribution in [0.2, 0.25) is 0 Å². The van der Waals surface area contributed by atoms with Gasteiger partial charge in [-0.3, -0.25) is 4.79 Å². The first kappa shape index (κ1) is 14.2. The number of carboxylic acids is 1. The van der Waals surface area contributed by atoms with Gasteiger partial charge in [0.1, 0.15) is 0 Å². The molecule has 1 fully saturated rings. The van der Waals surface area contributed by atoms with Gasteiger partial charge in [-0.1, -0.05) is 20.8 Å². The van der Waals surface area contributed by atoms with Crippen molar-refractivity contribution in [1.29, 1.82) is 0 Å². The molecule has 0 aromatic rings. The number of carboxylic acid groups (broad SMARTS) is 1. The molecule has 1 N–H and O–H groups in total. The second-order valence-electron chi connectivity index (χ2n) is 4.97. The Labute approximate surface area is 109 Å². The quantitative estimate of drug-likeness (QED) is 0.626. The highest BCUT2D eigenvalue weighted by molar-refractivity contribution is 9.12. The van der Waals surface area contributed by atoms with Crippen LogP contribution in [0.3, 0.4) is 0 Å². The maximum absolute atomic E-state index is 11.5. The fourth-order valence-corrected chi connectivity index (χ4v) is 2.37. The lowest BCUT2D eigenvalue weighted by molar-refractivity contribution is -0.142. The van der Waals surface area contributed by atoms with Gasteiger partial charge in [-0.2, -0.15) is 0 Å². The Morgan fingerprint density at radius 1 is 1.47 bits per heavy atom. The van der Waals surface area contributed by atoms with Crippen LogP contribution >= 0.6 is 15.9 Å². The van der Waals surface area contributed by atoms with Gasteiger partial charge in [-0.05, 0) is 40.3 Å². The molecule has 0 heterocycles. The minimum atomic E-state index is -0.947. The Hall–Kier alpha value is -0.840. The van der Waals surface area contributed by atoms with E-state index in [0.29, 0.717) is 13.0 Å². The van der Waals surface area contributed by atoms with Crippen molar-refractivity contribution in [2.45, 2.75) is 33.6 Å². The molecule has 1 aliphatic carbocycles. The van der Waals surface area contributed by atoms with E-state index in [1.54, 1.807) is 0 Å². The van der Waals surface area contributed by atoms with Crippen LogP contribution in [0.25, 0.3) is 0 Å². The SMILES string of the molecule is CCCOC(=O)C(Br)=CC1(C(=O)O)CC1(C)C. The molecule has 96 valence electrons. The zero-order valence-corrected chi connectivity index (χ0v) is 11.8. The van der Waals surface area contributed by atoms with Crippen LogP contribution in [0, 0.1) is 10.8 Å². The zero-order chi connectivity index (χ0) is 13.3. The first-order valence-electron chi connectivity index (χ1n) is 5.56. The first-order valence-corrected chi connectivity index (χ1v) is 6.35. The highest BCUT2D eigenvalue weighted by Crippen LogP contribution is 2.65. The average molecular weight is 305 g/mol. The molecule has 1 saturated carbocycles. The molecule has 4 nitrogen and oxygen atoms in total. The molecule has 1 unspecified atom stereocenters. The Balaban J connectivity index is 2.81. The van der Waals surface area contributed by atoms with Crippen molar-refractivity contribution >= 4 is 27.9 Å². The minimum absolute atomic E-state index is 0.193. The predicted octanol–water partition coefficient (Wildman–Crippen LogP) is 2.72. The molecule has 0 amide bonds. The van der Waals surface area contributed by atoms with Crippen LogP contribution < -0.4 is 0 Å². The Morgan fingerprint density at radius 2 is 2.00 bits per heavy atom. The number of carbonyl (C=O) groups is 2. The number of rotatable bonds is 5. The van der Waals surface area contributed by atoms with Crippen molar-refractivity contribution in [1.82, 2.24) is 0 Å². The number of esters is 1. The molecule has 0 aromatic heterocycles. The second kappa shape index (κ2) is 4.80. The molecule has 0 bridgehead atoms. The lowest BCUT2D eigenvalue weighted by atomic mass is 9.95. The molecule has 5 heteroatoms. The summed E-state index contributed by atoms with van der Waals surface area (Å²) in [6.07, 6.45) is 2.74. The molecule has 0 aromatic carbocycles. The summed E-state index contributed by atoms with van der Waals surface area (Å²) in [5.74, 6) is -1.40. The van der Waals surface area contributed by atoms with Crippen molar-refractivity contribution in [3.63, 3.8) is 0 Å². The largest absolute Gasteiger partial charge is 0.481 e. The van der Waals surface area contributed by atoms with Gasteiger partial charge in [0.15, 0.2) is 0 Å². The van der Waals surface area contributed by atoms with Gasteiger partial charge >= 0.3 is 11.9 Å². The summed E-state index contributed by atoms with van der Waals surface area (Å²) >= 11 is 3.09. The number of hydrogen-bond donors (Lipinski definition) is 1. The van der Waals surface area contributed by atoms with Gasteiger partial charge < -0.3 is 9.84 Å². The third-order valence-electron chi connectivity index (χ3n) is 3.19. The zero-order valence-electron chi connectivity index (χ0n) is 10.2. The van der Waals surface area contributed by atoms with Crippen LogP contribution in [0.15, 0.2) is 10.6 Å². The van der Waals surface area contributed by atoms with Crippen LogP contribution in [0.1, 0.15) is 33.6 Å². The third kappa shape index (κ3) is 2.70. The topological polar surface area (TPSA) is 63.6 Å². The van der Waals surface area contributed by atoms with Crippen molar-refractivity contribution in [3.8, 4) is 0 Å². The average Bonchev–Trinajstić information content (AvgIpc) is 2.78. The molecule has 17 heavy (non-hydrogen) atoms. The van der Waals surface area contributed by atoms with E-state index in [1.165, 1.54) is 6.08 Å². The van der Waals surface area contributed by atoms with Gasteiger partial charge in [0.05, 0.1) is 16.5 Å².